The Morgan fingerprint density at radius 2 is 2.26 bits per heavy atom. The molecule has 0 saturated heterocycles. The molecule has 0 saturated carbocycles. The minimum atomic E-state index is 0.692. The lowest BCUT2D eigenvalue weighted by molar-refractivity contribution is 0.927. The standard InChI is InChI=1S/C13H14N6/c1-9(10-5-3-4-7-14-10)17-18-13-16-11-6-8-15-12(11)19(13)2/h3-8,15H,1-2H3,(H,16,18)/b17-9+. The van der Waals surface area contributed by atoms with Crippen molar-refractivity contribution in [1.29, 1.82) is 0 Å². The van der Waals surface area contributed by atoms with Crippen LogP contribution in [-0.4, -0.2) is 25.2 Å². The molecule has 96 valence electrons. The minimum absolute atomic E-state index is 0.692. The third kappa shape index (κ3) is 2.08. The average molecular weight is 254 g/mol. The van der Waals surface area contributed by atoms with Crippen molar-refractivity contribution < 1.29 is 0 Å². The summed E-state index contributed by atoms with van der Waals surface area (Å²) in [6.07, 6.45) is 3.61. The lowest BCUT2D eigenvalue weighted by atomic mass is 10.3. The second kappa shape index (κ2) is 4.56. The number of aromatic amines is 1. The van der Waals surface area contributed by atoms with E-state index in [1.807, 2.05) is 49.0 Å². The van der Waals surface area contributed by atoms with Crippen LogP contribution in [-0.2, 0) is 7.05 Å². The van der Waals surface area contributed by atoms with E-state index in [0.29, 0.717) is 5.95 Å². The van der Waals surface area contributed by atoms with E-state index in [2.05, 4.69) is 25.5 Å². The number of hydrogen-bond acceptors (Lipinski definition) is 4. The highest BCUT2D eigenvalue weighted by atomic mass is 15.4. The van der Waals surface area contributed by atoms with Gasteiger partial charge in [-0.05, 0) is 25.1 Å². The van der Waals surface area contributed by atoms with Gasteiger partial charge in [0, 0.05) is 19.4 Å². The molecule has 0 fully saturated rings. The molecule has 0 aliphatic heterocycles. The Morgan fingerprint density at radius 3 is 3.00 bits per heavy atom. The third-order valence-electron chi connectivity index (χ3n) is 2.94. The number of anilines is 1. The third-order valence-corrected chi connectivity index (χ3v) is 2.94. The van der Waals surface area contributed by atoms with Gasteiger partial charge in [-0.1, -0.05) is 6.07 Å². The molecule has 0 radical (unpaired) electrons. The maximum atomic E-state index is 4.43. The van der Waals surface area contributed by atoms with Gasteiger partial charge >= 0.3 is 0 Å². The van der Waals surface area contributed by atoms with Crippen LogP contribution in [0.4, 0.5) is 5.95 Å². The maximum absolute atomic E-state index is 4.43. The largest absolute Gasteiger partial charge is 0.346 e. The summed E-state index contributed by atoms with van der Waals surface area (Å²) in [4.78, 5) is 11.8. The van der Waals surface area contributed by atoms with Crippen LogP contribution in [0.25, 0.3) is 11.2 Å². The lowest BCUT2D eigenvalue weighted by Gasteiger charge is -2.02. The van der Waals surface area contributed by atoms with Crippen molar-refractivity contribution in [3.8, 4) is 0 Å². The summed E-state index contributed by atoms with van der Waals surface area (Å²) in [6, 6.07) is 7.66. The molecular weight excluding hydrogens is 240 g/mol. The summed E-state index contributed by atoms with van der Waals surface area (Å²) in [5.41, 5.74) is 6.50. The molecule has 0 aliphatic carbocycles. The molecule has 3 aromatic rings. The number of rotatable bonds is 3. The second-order valence-electron chi connectivity index (χ2n) is 4.23. The van der Waals surface area contributed by atoms with Gasteiger partial charge in [0.15, 0.2) is 0 Å². The van der Waals surface area contributed by atoms with Gasteiger partial charge in [0.05, 0.1) is 11.4 Å². The van der Waals surface area contributed by atoms with Crippen molar-refractivity contribution in [1.82, 2.24) is 19.5 Å². The number of aryl methyl sites for hydroxylation is 1. The molecule has 0 aromatic carbocycles. The van der Waals surface area contributed by atoms with Crippen molar-refractivity contribution in [3.63, 3.8) is 0 Å². The quantitative estimate of drug-likeness (QED) is 0.555. The van der Waals surface area contributed by atoms with E-state index in [1.54, 1.807) is 6.20 Å². The van der Waals surface area contributed by atoms with E-state index in [1.165, 1.54) is 0 Å². The van der Waals surface area contributed by atoms with E-state index >= 15 is 0 Å². The van der Waals surface area contributed by atoms with Gasteiger partial charge < -0.3 is 4.98 Å². The van der Waals surface area contributed by atoms with Gasteiger partial charge in [0.2, 0.25) is 5.95 Å². The van der Waals surface area contributed by atoms with Crippen LogP contribution in [0.15, 0.2) is 41.8 Å². The molecule has 0 spiro atoms. The highest BCUT2D eigenvalue weighted by molar-refractivity contribution is 5.97. The Bertz CT molecular complexity index is 722. The fourth-order valence-electron chi connectivity index (χ4n) is 1.87. The van der Waals surface area contributed by atoms with Crippen LogP contribution in [0.1, 0.15) is 12.6 Å². The molecule has 0 aliphatic rings. The van der Waals surface area contributed by atoms with Gasteiger partial charge in [0.1, 0.15) is 11.2 Å². The fraction of sp³-hybridized carbons (Fsp3) is 0.154. The van der Waals surface area contributed by atoms with E-state index in [-0.39, 0.29) is 0 Å². The minimum Gasteiger partial charge on any atom is -0.346 e. The summed E-state index contributed by atoms with van der Waals surface area (Å²) < 4.78 is 1.92. The van der Waals surface area contributed by atoms with Crippen molar-refractivity contribution in [2.24, 2.45) is 12.1 Å². The molecule has 0 amide bonds. The summed E-state index contributed by atoms with van der Waals surface area (Å²) >= 11 is 0. The van der Waals surface area contributed by atoms with Crippen LogP contribution >= 0.6 is 0 Å². The van der Waals surface area contributed by atoms with Crippen molar-refractivity contribution in [2.75, 3.05) is 5.43 Å². The van der Waals surface area contributed by atoms with Gasteiger partial charge in [-0.3, -0.25) is 9.55 Å². The van der Waals surface area contributed by atoms with Gasteiger partial charge in [0.25, 0.3) is 0 Å². The average Bonchev–Trinajstić information content (AvgIpc) is 3.01. The number of fused-ring (bicyclic) bond motifs is 1. The number of hydrazone groups is 1. The molecule has 6 nitrogen and oxygen atoms in total. The van der Waals surface area contributed by atoms with Gasteiger partial charge in [-0.2, -0.15) is 5.10 Å². The Hall–Kier alpha value is -2.63. The first-order valence-electron chi connectivity index (χ1n) is 5.97. The first-order chi connectivity index (χ1) is 9.25. The lowest BCUT2D eigenvalue weighted by Crippen LogP contribution is -2.04. The topological polar surface area (TPSA) is 70.9 Å². The molecule has 0 unspecified atom stereocenters. The predicted octanol–water partition coefficient (Wildman–Crippen LogP) is 2.13. The highest BCUT2D eigenvalue weighted by Gasteiger charge is 2.07. The maximum Gasteiger partial charge on any atom is 0.225 e. The molecule has 2 N–H and O–H groups in total. The van der Waals surface area contributed by atoms with E-state index < -0.39 is 0 Å². The van der Waals surface area contributed by atoms with Crippen molar-refractivity contribution in [3.05, 3.63) is 42.4 Å². The number of imidazole rings is 1. The Labute approximate surface area is 110 Å². The van der Waals surface area contributed by atoms with Crippen LogP contribution in [0.5, 0.6) is 0 Å². The van der Waals surface area contributed by atoms with E-state index in [9.17, 15) is 0 Å². The first-order valence-corrected chi connectivity index (χ1v) is 5.97. The Kier molecular flexibility index (Phi) is 2.75. The molecular formula is C13H14N6. The number of H-pyrrole nitrogens is 1. The zero-order valence-corrected chi connectivity index (χ0v) is 10.8. The molecule has 6 heteroatoms. The van der Waals surface area contributed by atoms with Crippen LogP contribution in [0.2, 0.25) is 0 Å². The first kappa shape index (κ1) is 11.5. The smallest absolute Gasteiger partial charge is 0.225 e. The summed E-state index contributed by atoms with van der Waals surface area (Å²) in [6.45, 7) is 1.91. The fourth-order valence-corrected chi connectivity index (χ4v) is 1.87. The molecule has 0 atom stereocenters. The Morgan fingerprint density at radius 1 is 1.37 bits per heavy atom. The summed E-state index contributed by atoms with van der Waals surface area (Å²) in [5, 5.41) is 4.31. The number of aromatic nitrogens is 4. The molecule has 19 heavy (non-hydrogen) atoms. The molecule has 0 bridgehead atoms. The zero-order valence-electron chi connectivity index (χ0n) is 10.8. The van der Waals surface area contributed by atoms with Crippen LogP contribution in [0, 0.1) is 0 Å². The van der Waals surface area contributed by atoms with E-state index in [4.69, 9.17) is 0 Å². The SMILES string of the molecule is C/C(=N\Nc1nc2cc[nH]c2n1C)c1ccccn1. The van der Waals surface area contributed by atoms with E-state index in [0.717, 1.165) is 22.6 Å². The normalized spacial score (nSPS) is 12.0. The second-order valence-corrected chi connectivity index (χ2v) is 4.23. The Balaban J connectivity index is 1.85. The van der Waals surface area contributed by atoms with Crippen LogP contribution < -0.4 is 5.43 Å². The van der Waals surface area contributed by atoms with Crippen molar-refractivity contribution >= 4 is 22.8 Å². The number of pyridine rings is 1. The van der Waals surface area contributed by atoms with Crippen LogP contribution in [0.3, 0.4) is 0 Å². The number of nitrogens with zero attached hydrogens (tertiary/aromatic N) is 4. The molecule has 3 heterocycles. The zero-order chi connectivity index (χ0) is 13.2. The highest BCUT2D eigenvalue weighted by Crippen LogP contribution is 2.16. The number of nitrogens with one attached hydrogen (secondary N) is 2. The number of hydrogen-bond donors (Lipinski definition) is 2. The summed E-state index contributed by atoms with van der Waals surface area (Å²) in [7, 11) is 1.93. The molecule has 3 aromatic heterocycles. The predicted molar refractivity (Wildman–Crippen MR) is 75.1 cm³/mol. The van der Waals surface area contributed by atoms with Gasteiger partial charge in [-0.15, -0.1) is 0 Å². The summed E-state index contributed by atoms with van der Waals surface area (Å²) in [5.74, 6) is 0.692. The van der Waals surface area contributed by atoms with Crippen molar-refractivity contribution in [2.45, 2.75) is 6.92 Å². The van der Waals surface area contributed by atoms with Gasteiger partial charge in [-0.25, -0.2) is 10.4 Å². The monoisotopic (exact) mass is 254 g/mol. The molecule has 3 rings (SSSR count).